The van der Waals surface area contributed by atoms with E-state index >= 15 is 0 Å². The minimum Gasteiger partial charge on any atom is -0.311 e. The highest BCUT2D eigenvalue weighted by Crippen LogP contribution is 2.22. The van der Waals surface area contributed by atoms with Crippen LogP contribution in [-0.4, -0.2) is 29.6 Å². The predicted molar refractivity (Wildman–Crippen MR) is 77.6 cm³/mol. The van der Waals surface area contributed by atoms with Crippen LogP contribution < -0.4 is 5.32 Å². The highest BCUT2D eigenvalue weighted by Gasteiger charge is 2.33. The summed E-state index contributed by atoms with van der Waals surface area (Å²) < 4.78 is 0. The summed E-state index contributed by atoms with van der Waals surface area (Å²) >= 11 is 0. The molecule has 0 radical (unpaired) electrons. The number of nitrogens with zero attached hydrogens (tertiary/aromatic N) is 1. The Morgan fingerprint density at radius 2 is 2.00 bits per heavy atom. The molecule has 1 aromatic rings. The van der Waals surface area contributed by atoms with Crippen LogP contribution in [0.25, 0.3) is 0 Å². The zero-order valence-corrected chi connectivity index (χ0v) is 11.9. The standard InChI is InChI=1S/C16H26N2/c1-4-8-15-12-18(16(2,3)13-17-15)11-14-9-6-5-7-10-14/h5-7,9-10,15,17H,4,8,11-13H2,1-3H3. The van der Waals surface area contributed by atoms with Crippen LogP contribution in [0.4, 0.5) is 0 Å². The Morgan fingerprint density at radius 3 is 2.67 bits per heavy atom. The SMILES string of the molecule is CCCC1CN(Cc2ccccc2)C(C)(C)CN1. The van der Waals surface area contributed by atoms with Crippen molar-refractivity contribution in [2.75, 3.05) is 13.1 Å². The molecular weight excluding hydrogens is 220 g/mol. The lowest BCUT2D eigenvalue weighted by atomic mass is 9.95. The number of piperazine rings is 1. The predicted octanol–water partition coefficient (Wildman–Crippen LogP) is 3.04. The van der Waals surface area contributed by atoms with Crippen LogP contribution in [0.3, 0.4) is 0 Å². The van der Waals surface area contributed by atoms with Crippen molar-refractivity contribution >= 4 is 0 Å². The second-order valence-corrected chi connectivity index (χ2v) is 6.05. The summed E-state index contributed by atoms with van der Waals surface area (Å²) in [6, 6.07) is 11.5. The fraction of sp³-hybridized carbons (Fsp3) is 0.625. The smallest absolute Gasteiger partial charge is 0.0281 e. The molecule has 1 aliphatic heterocycles. The molecule has 1 aromatic carbocycles. The highest BCUT2D eigenvalue weighted by molar-refractivity contribution is 5.15. The first-order valence-electron chi connectivity index (χ1n) is 7.14. The van der Waals surface area contributed by atoms with E-state index in [0.29, 0.717) is 6.04 Å². The monoisotopic (exact) mass is 246 g/mol. The van der Waals surface area contributed by atoms with Gasteiger partial charge in [0.05, 0.1) is 0 Å². The molecule has 1 saturated heterocycles. The van der Waals surface area contributed by atoms with Gasteiger partial charge in [0, 0.05) is 31.2 Å². The Morgan fingerprint density at radius 1 is 1.28 bits per heavy atom. The van der Waals surface area contributed by atoms with Gasteiger partial charge in [-0.05, 0) is 25.8 Å². The molecule has 18 heavy (non-hydrogen) atoms. The summed E-state index contributed by atoms with van der Waals surface area (Å²) in [6.07, 6.45) is 2.54. The minimum atomic E-state index is 0.250. The van der Waals surface area contributed by atoms with E-state index in [1.807, 2.05) is 0 Å². The third-order valence-corrected chi connectivity index (χ3v) is 3.97. The molecule has 1 fully saturated rings. The Bertz CT molecular complexity index is 359. The van der Waals surface area contributed by atoms with Gasteiger partial charge in [0.1, 0.15) is 0 Å². The number of rotatable bonds is 4. The molecule has 1 heterocycles. The van der Waals surface area contributed by atoms with Gasteiger partial charge in [-0.1, -0.05) is 43.7 Å². The van der Waals surface area contributed by atoms with Gasteiger partial charge < -0.3 is 5.32 Å². The molecule has 2 rings (SSSR count). The van der Waals surface area contributed by atoms with Crippen LogP contribution >= 0.6 is 0 Å². The number of benzene rings is 1. The van der Waals surface area contributed by atoms with Gasteiger partial charge in [0.15, 0.2) is 0 Å². The molecule has 0 saturated carbocycles. The topological polar surface area (TPSA) is 15.3 Å². The zero-order valence-electron chi connectivity index (χ0n) is 11.9. The van der Waals surface area contributed by atoms with E-state index in [1.165, 1.54) is 18.4 Å². The lowest BCUT2D eigenvalue weighted by molar-refractivity contribution is 0.0564. The lowest BCUT2D eigenvalue weighted by Crippen LogP contribution is -2.61. The molecule has 2 nitrogen and oxygen atoms in total. The van der Waals surface area contributed by atoms with Gasteiger partial charge >= 0.3 is 0 Å². The third kappa shape index (κ3) is 3.33. The Kier molecular flexibility index (Phi) is 4.41. The third-order valence-electron chi connectivity index (χ3n) is 3.97. The largest absolute Gasteiger partial charge is 0.311 e. The Hall–Kier alpha value is -0.860. The van der Waals surface area contributed by atoms with E-state index in [9.17, 15) is 0 Å². The van der Waals surface area contributed by atoms with Crippen molar-refractivity contribution in [2.45, 2.75) is 51.7 Å². The summed E-state index contributed by atoms with van der Waals surface area (Å²) in [6.45, 7) is 10.3. The minimum absolute atomic E-state index is 0.250. The molecule has 0 aromatic heterocycles. The van der Waals surface area contributed by atoms with Crippen molar-refractivity contribution in [3.05, 3.63) is 35.9 Å². The molecule has 0 bridgehead atoms. The quantitative estimate of drug-likeness (QED) is 0.878. The summed E-state index contributed by atoms with van der Waals surface area (Å²) in [5.74, 6) is 0. The molecule has 0 aliphatic carbocycles. The van der Waals surface area contributed by atoms with Crippen LogP contribution in [0, 0.1) is 0 Å². The van der Waals surface area contributed by atoms with E-state index in [2.05, 4.69) is 61.3 Å². The van der Waals surface area contributed by atoms with Gasteiger partial charge in [-0.15, -0.1) is 0 Å². The molecule has 1 N–H and O–H groups in total. The Labute approximate surface area is 111 Å². The summed E-state index contributed by atoms with van der Waals surface area (Å²) in [5, 5.41) is 3.68. The van der Waals surface area contributed by atoms with Gasteiger partial charge in [-0.2, -0.15) is 0 Å². The fourth-order valence-corrected chi connectivity index (χ4v) is 2.71. The first kappa shape index (κ1) is 13.6. The molecule has 1 atom stereocenters. The van der Waals surface area contributed by atoms with Crippen molar-refractivity contribution < 1.29 is 0 Å². The molecule has 100 valence electrons. The Balaban J connectivity index is 2.03. The van der Waals surface area contributed by atoms with Gasteiger partial charge in [-0.25, -0.2) is 0 Å². The first-order valence-corrected chi connectivity index (χ1v) is 7.14. The van der Waals surface area contributed by atoms with Crippen LogP contribution in [0.2, 0.25) is 0 Å². The molecule has 1 aliphatic rings. The average molecular weight is 246 g/mol. The van der Waals surface area contributed by atoms with Gasteiger partial charge in [0.2, 0.25) is 0 Å². The zero-order chi connectivity index (χ0) is 13.0. The number of hydrogen-bond acceptors (Lipinski definition) is 2. The lowest BCUT2D eigenvalue weighted by Gasteiger charge is -2.46. The van der Waals surface area contributed by atoms with Crippen LogP contribution in [0.15, 0.2) is 30.3 Å². The molecular formula is C16H26N2. The molecule has 1 unspecified atom stereocenters. The second kappa shape index (κ2) is 5.85. The fourth-order valence-electron chi connectivity index (χ4n) is 2.71. The average Bonchev–Trinajstić information content (AvgIpc) is 2.35. The normalized spacial score (nSPS) is 24.1. The van der Waals surface area contributed by atoms with E-state index in [1.54, 1.807) is 0 Å². The van der Waals surface area contributed by atoms with Crippen LogP contribution in [0.1, 0.15) is 39.2 Å². The van der Waals surface area contributed by atoms with E-state index in [-0.39, 0.29) is 5.54 Å². The van der Waals surface area contributed by atoms with Gasteiger partial charge in [0.25, 0.3) is 0 Å². The van der Waals surface area contributed by atoms with Crippen LogP contribution in [-0.2, 0) is 6.54 Å². The van der Waals surface area contributed by atoms with Gasteiger partial charge in [-0.3, -0.25) is 4.90 Å². The van der Waals surface area contributed by atoms with Crippen molar-refractivity contribution in [3.8, 4) is 0 Å². The molecule has 0 spiro atoms. The summed E-state index contributed by atoms with van der Waals surface area (Å²) in [7, 11) is 0. The summed E-state index contributed by atoms with van der Waals surface area (Å²) in [5.41, 5.74) is 1.67. The van der Waals surface area contributed by atoms with Crippen molar-refractivity contribution in [1.29, 1.82) is 0 Å². The first-order chi connectivity index (χ1) is 8.62. The van der Waals surface area contributed by atoms with Crippen molar-refractivity contribution in [3.63, 3.8) is 0 Å². The van der Waals surface area contributed by atoms with Crippen LogP contribution in [0.5, 0.6) is 0 Å². The van der Waals surface area contributed by atoms with E-state index in [0.717, 1.165) is 19.6 Å². The number of nitrogens with one attached hydrogen (secondary N) is 1. The highest BCUT2D eigenvalue weighted by atomic mass is 15.3. The summed E-state index contributed by atoms with van der Waals surface area (Å²) in [4.78, 5) is 2.62. The number of hydrogen-bond donors (Lipinski definition) is 1. The van der Waals surface area contributed by atoms with Crippen molar-refractivity contribution in [2.24, 2.45) is 0 Å². The molecule has 2 heteroatoms. The maximum atomic E-state index is 3.68. The maximum Gasteiger partial charge on any atom is 0.0281 e. The van der Waals surface area contributed by atoms with E-state index in [4.69, 9.17) is 0 Å². The molecule has 0 amide bonds. The van der Waals surface area contributed by atoms with E-state index < -0.39 is 0 Å². The maximum absolute atomic E-state index is 3.68. The van der Waals surface area contributed by atoms with Crippen molar-refractivity contribution in [1.82, 2.24) is 10.2 Å². The second-order valence-electron chi connectivity index (χ2n) is 6.05.